The summed E-state index contributed by atoms with van der Waals surface area (Å²) >= 11 is 2.08. The molecule has 1 spiro atoms. The van der Waals surface area contributed by atoms with Crippen LogP contribution >= 0.6 is 11.8 Å². The van der Waals surface area contributed by atoms with Gasteiger partial charge in [-0.1, -0.05) is 0 Å². The molecule has 2 aliphatic rings. The largest absolute Gasteiger partial charge is 0.497 e. The molecule has 0 aliphatic carbocycles. The number of nitrogens with zero attached hydrogens (tertiary/aromatic N) is 1. The summed E-state index contributed by atoms with van der Waals surface area (Å²) in [6.45, 7) is 3.25. The van der Waals surface area contributed by atoms with E-state index in [0.717, 1.165) is 36.9 Å². The summed E-state index contributed by atoms with van der Waals surface area (Å²) in [6, 6.07) is 6.09. The number of carboxylic acid groups (broad SMARTS) is 1. The smallest absolute Gasteiger partial charge is 0.490 e. The van der Waals surface area contributed by atoms with E-state index in [2.05, 4.69) is 28.8 Å². The van der Waals surface area contributed by atoms with Crippen molar-refractivity contribution in [3.8, 4) is 11.5 Å². The number of likely N-dealkylation sites (tertiary alicyclic amines) is 1. The molecule has 2 aliphatic heterocycles. The summed E-state index contributed by atoms with van der Waals surface area (Å²) in [7, 11) is 5.21. The van der Waals surface area contributed by atoms with Crippen molar-refractivity contribution in [3.05, 3.63) is 23.8 Å². The molecular formula is C18H24F3NO5S. The minimum atomic E-state index is -5.08. The van der Waals surface area contributed by atoms with Crippen molar-refractivity contribution in [1.29, 1.82) is 0 Å². The molecule has 0 aromatic heterocycles. The first-order valence-electron chi connectivity index (χ1n) is 8.52. The number of carboxylic acids is 1. The Kier molecular flexibility index (Phi) is 7.46. The summed E-state index contributed by atoms with van der Waals surface area (Å²) in [6.07, 6.45) is -3.46. The van der Waals surface area contributed by atoms with Gasteiger partial charge >= 0.3 is 12.1 Å². The summed E-state index contributed by atoms with van der Waals surface area (Å²) in [5, 5.41) is 7.12. The molecule has 0 amide bonds. The van der Waals surface area contributed by atoms with Crippen molar-refractivity contribution in [3.63, 3.8) is 0 Å². The standard InChI is InChI=1S/C16H23NO3S.C2HF3O2/c1-18-13-4-12(5-14(6-13)19-2)8-17-10-16(11-17)7-15(20-3)9-21-16;3-2(4,5)1(6)7/h4-6,15H,7-11H2,1-3H3;(H,6,7). The molecule has 28 heavy (non-hydrogen) atoms. The van der Waals surface area contributed by atoms with Crippen LogP contribution in [0.1, 0.15) is 12.0 Å². The zero-order valence-corrected chi connectivity index (χ0v) is 16.7. The maximum absolute atomic E-state index is 10.6. The van der Waals surface area contributed by atoms with E-state index in [-0.39, 0.29) is 0 Å². The van der Waals surface area contributed by atoms with Crippen LogP contribution in [0, 0.1) is 0 Å². The minimum Gasteiger partial charge on any atom is -0.497 e. The van der Waals surface area contributed by atoms with Gasteiger partial charge in [0.2, 0.25) is 0 Å². The summed E-state index contributed by atoms with van der Waals surface area (Å²) in [4.78, 5) is 11.4. The van der Waals surface area contributed by atoms with Crippen molar-refractivity contribution >= 4 is 17.7 Å². The van der Waals surface area contributed by atoms with Gasteiger partial charge in [0.25, 0.3) is 0 Å². The molecular weight excluding hydrogens is 399 g/mol. The molecule has 10 heteroatoms. The lowest BCUT2D eigenvalue weighted by atomic mass is 9.92. The topological polar surface area (TPSA) is 68.2 Å². The fourth-order valence-electron chi connectivity index (χ4n) is 3.27. The van der Waals surface area contributed by atoms with Gasteiger partial charge in [-0.05, 0) is 24.1 Å². The summed E-state index contributed by atoms with van der Waals surface area (Å²) in [5.74, 6) is 0.0909. The molecule has 0 bridgehead atoms. The van der Waals surface area contributed by atoms with Gasteiger partial charge in [-0.15, -0.1) is 11.8 Å². The van der Waals surface area contributed by atoms with Gasteiger partial charge < -0.3 is 19.3 Å². The van der Waals surface area contributed by atoms with E-state index in [1.165, 1.54) is 12.0 Å². The second-order valence-corrected chi connectivity index (χ2v) is 8.21. The molecule has 2 heterocycles. The van der Waals surface area contributed by atoms with E-state index < -0.39 is 12.1 Å². The third-order valence-corrected chi connectivity index (χ3v) is 6.17. The normalized spacial score (nSPS) is 20.9. The minimum absolute atomic E-state index is 0.434. The average molecular weight is 423 g/mol. The van der Waals surface area contributed by atoms with Crippen molar-refractivity contribution in [2.24, 2.45) is 0 Å². The molecule has 1 N–H and O–H groups in total. The van der Waals surface area contributed by atoms with E-state index in [0.29, 0.717) is 10.9 Å². The second kappa shape index (κ2) is 9.23. The molecule has 3 rings (SSSR count). The first kappa shape index (κ1) is 22.6. The van der Waals surface area contributed by atoms with Gasteiger partial charge in [-0.2, -0.15) is 13.2 Å². The molecule has 1 aromatic carbocycles. The van der Waals surface area contributed by atoms with Gasteiger partial charge in [0.05, 0.1) is 20.3 Å². The van der Waals surface area contributed by atoms with Crippen molar-refractivity contribution in [2.45, 2.75) is 30.0 Å². The van der Waals surface area contributed by atoms with E-state index in [1.807, 2.05) is 13.2 Å². The Balaban J connectivity index is 0.000000345. The molecule has 1 unspecified atom stereocenters. The van der Waals surface area contributed by atoms with Crippen LogP contribution in [-0.2, 0) is 16.1 Å². The Morgan fingerprint density at radius 2 is 1.75 bits per heavy atom. The van der Waals surface area contributed by atoms with Gasteiger partial charge in [0.1, 0.15) is 11.5 Å². The van der Waals surface area contributed by atoms with E-state index in [9.17, 15) is 13.2 Å². The Hall–Kier alpha value is -1.65. The third-order valence-electron chi connectivity index (χ3n) is 4.59. The average Bonchev–Trinajstić information content (AvgIpc) is 3.05. The molecule has 158 valence electrons. The predicted octanol–water partition coefficient (Wildman–Crippen LogP) is 3.04. The number of ether oxygens (including phenoxy) is 3. The fourth-order valence-corrected chi connectivity index (χ4v) is 4.92. The van der Waals surface area contributed by atoms with E-state index >= 15 is 0 Å². The molecule has 2 saturated heterocycles. The van der Waals surface area contributed by atoms with Crippen LogP contribution in [0.25, 0.3) is 0 Å². The predicted molar refractivity (Wildman–Crippen MR) is 99.1 cm³/mol. The van der Waals surface area contributed by atoms with Gasteiger partial charge in [0.15, 0.2) is 0 Å². The number of aliphatic carboxylic acids is 1. The van der Waals surface area contributed by atoms with Crippen molar-refractivity contribution in [2.75, 3.05) is 40.2 Å². The van der Waals surface area contributed by atoms with Crippen molar-refractivity contribution in [1.82, 2.24) is 4.90 Å². The first-order chi connectivity index (χ1) is 13.1. The second-order valence-electron chi connectivity index (χ2n) is 6.72. The highest BCUT2D eigenvalue weighted by molar-refractivity contribution is 8.01. The molecule has 1 atom stereocenters. The molecule has 1 aromatic rings. The van der Waals surface area contributed by atoms with Crippen LogP contribution in [-0.4, -0.2) is 73.2 Å². The quantitative estimate of drug-likeness (QED) is 0.781. The monoisotopic (exact) mass is 423 g/mol. The van der Waals surface area contributed by atoms with E-state index in [1.54, 1.807) is 14.2 Å². The maximum Gasteiger partial charge on any atom is 0.490 e. The van der Waals surface area contributed by atoms with Crippen LogP contribution in [0.5, 0.6) is 11.5 Å². The number of thioether (sulfide) groups is 1. The number of hydrogen-bond donors (Lipinski definition) is 1. The Bertz CT molecular complexity index is 657. The highest BCUT2D eigenvalue weighted by Gasteiger charge is 2.48. The fraction of sp³-hybridized carbons (Fsp3) is 0.611. The number of halogens is 3. The highest BCUT2D eigenvalue weighted by atomic mass is 32.2. The number of carbonyl (C=O) groups is 1. The lowest BCUT2D eigenvalue weighted by Crippen LogP contribution is -2.58. The van der Waals surface area contributed by atoms with Gasteiger partial charge in [0, 0.05) is 43.3 Å². The SMILES string of the molecule is COc1cc(CN2CC3(CC(OC)CS3)C2)cc(OC)c1.O=C(O)C(F)(F)F. The number of rotatable bonds is 5. The molecule has 2 fully saturated rings. The van der Waals surface area contributed by atoms with Crippen LogP contribution < -0.4 is 9.47 Å². The zero-order chi connectivity index (χ0) is 20.9. The first-order valence-corrected chi connectivity index (χ1v) is 9.50. The van der Waals surface area contributed by atoms with Crippen LogP contribution in [0.3, 0.4) is 0 Å². The Morgan fingerprint density at radius 1 is 1.21 bits per heavy atom. The zero-order valence-electron chi connectivity index (χ0n) is 15.9. The number of methoxy groups -OCH3 is 3. The van der Waals surface area contributed by atoms with Crippen LogP contribution in [0.4, 0.5) is 13.2 Å². The van der Waals surface area contributed by atoms with Gasteiger partial charge in [-0.3, -0.25) is 4.90 Å². The maximum atomic E-state index is 10.6. The molecule has 0 radical (unpaired) electrons. The lowest BCUT2D eigenvalue weighted by molar-refractivity contribution is -0.192. The van der Waals surface area contributed by atoms with Crippen molar-refractivity contribution < 1.29 is 37.3 Å². The third kappa shape index (κ3) is 5.92. The summed E-state index contributed by atoms with van der Waals surface area (Å²) in [5.41, 5.74) is 1.24. The van der Waals surface area contributed by atoms with E-state index in [4.69, 9.17) is 24.1 Å². The highest BCUT2D eigenvalue weighted by Crippen LogP contribution is 2.46. The Morgan fingerprint density at radius 3 is 2.14 bits per heavy atom. The lowest BCUT2D eigenvalue weighted by Gasteiger charge is -2.47. The molecule has 6 nitrogen and oxygen atoms in total. The Labute approximate surface area is 165 Å². The van der Waals surface area contributed by atoms with Crippen LogP contribution in [0.2, 0.25) is 0 Å². The number of benzene rings is 1. The van der Waals surface area contributed by atoms with Crippen LogP contribution in [0.15, 0.2) is 18.2 Å². The molecule has 0 saturated carbocycles. The van der Waals surface area contributed by atoms with Gasteiger partial charge in [-0.25, -0.2) is 4.79 Å². The summed E-state index contributed by atoms with van der Waals surface area (Å²) < 4.78 is 48.3. The number of alkyl halides is 3. The number of hydrogen-bond acceptors (Lipinski definition) is 6.